The third-order valence-corrected chi connectivity index (χ3v) is 5.75. The molecule has 3 aromatic carbocycles. The molecule has 0 unspecified atom stereocenters. The summed E-state index contributed by atoms with van der Waals surface area (Å²) >= 11 is 0. The normalized spacial score (nSPS) is 11.2. The van der Waals surface area contributed by atoms with Crippen molar-refractivity contribution in [3.63, 3.8) is 0 Å². The minimum absolute atomic E-state index is 0.106. The van der Waals surface area contributed by atoms with Gasteiger partial charge in [0.05, 0.1) is 24.2 Å². The summed E-state index contributed by atoms with van der Waals surface area (Å²) in [5.74, 6) is 0.114. The predicted molar refractivity (Wildman–Crippen MR) is 99.2 cm³/mol. The lowest BCUT2D eigenvalue weighted by atomic mass is 10.2. The van der Waals surface area contributed by atoms with Gasteiger partial charge in [0.15, 0.2) is 0 Å². The highest BCUT2D eigenvalue weighted by atomic mass is 32.2. The maximum Gasteiger partial charge on any atom is 0.264 e. The van der Waals surface area contributed by atoms with Crippen LogP contribution < -0.4 is 9.04 Å². The molecule has 0 amide bonds. The van der Waals surface area contributed by atoms with E-state index in [1.807, 2.05) is 0 Å². The zero-order valence-corrected chi connectivity index (χ0v) is 15.0. The first-order chi connectivity index (χ1) is 12.5. The summed E-state index contributed by atoms with van der Waals surface area (Å²) in [7, 11) is -2.37. The Morgan fingerprint density at radius 1 is 0.885 bits per heavy atom. The van der Waals surface area contributed by atoms with Crippen LogP contribution in [0.25, 0.3) is 0 Å². The third-order valence-electron chi connectivity index (χ3n) is 3.96. The van der Waals surface area contributed by atoms with E-state index in [0.29, 0.717) is 17.0 Å². The Balaban J connectivity index is 2.06. The van der Waals surface area contributed by atoms with E-state index in [-0.39, 0.29) is 11.4 Å². The van der Waals surface area contributed by atoms with Crippen LogP contribution in [0, 0.1) is 5.82 Å². The van der Waals surface area contributed by atoms with Gasteiger partial charge in [-0.05, 0) is 42.5 Å². The van der Waals surface area contributed by atoms with Gasteiger partial charge in [-0.15, -0.1) is 0 Å². The van der Waals surface area contributed by atoms with Crippen molar-refractivity contribution in [2.24, 2.45) is 0 Å². The molecule has 0 heterocycles. The van der Waals surface area contributed by atoms with Crippen molar-refractivity contribution in [1.29, 1.82) is 0 Å². The molecule has 134 valence electrons. The highest BCUT2D eigenvalue weighted by Crippen LogP contribution is 2.27. The monoisotopic (exact) mass is 371 g/mol. The number of anilines is 1. The Morgan fingerprint density at radius 3 is 2.12 bits per heavy atom. The maximum atomic E-state index is 14.1. The van der Waals surface area contributed by atoms with Crippen LogP contribution in [0.5, 0.6) is 5.75 Å². The molecule has 0 aromatic heterocycles. The van der Waals surface area contributed by atoms with Crippen molar-refractivity contribution >= 4 is 15.7 Å². The van der Waals surface area contributed by atoms with Crippen molar-refractivity contribution in [3.05, 3.63) is 90.2 Å². The molecule has 6 heteroatoms. The number of ether oxygens (including phenoxy) is 1. The molecule has 0 bridgehead atoms. The molecular weight excluding hydrogens is 353 g/mol. The summed E-state index contributed by atoms with van der Waals surface area (Å²) < 4.78 is 46.8. The Kier molecular flexibility index (Phi) is 5.23. The van der Waals surface area contributed by atoms with Crippen LogP contribution in [0.2, 0.25) is 0 Å². The Hall–Kier alpha value is -2.86. The molecule has 0 N–H and O–H groups in total. The Morgan fingerprint density at radius 2 is 1.50 bits per heavy atom. The lowest BCUT2D eigenvalue weighted by molar-refractivity contribution is 0.414. The summed E-state index contributed by atoms with van der Waals surface area (Å²) in [4.78, 5) is 0.110. The van der Waals surface area contributed by atoms with Crippen LogP contribution in [0.4, 0.5) is 10.1 Å². The number of hydrogen-bond donors (Lipinski definition) is 0. The predicted octanol–water partition coefficient (Wildman–Crippen LogP) is 4.23. The van der Waals surface area contributed by atoms with E-state index >= 15 is 0 Å². The van der Waals surface area contributed by atoms with Gasteiger partial charge in [0.2, 0.25) is 0 Å². The second-order valence-corrected chi connectivity index (χ2v) is 7.48. The van der Waals surface area contributed by atoms with E-state index in [4.69, 9.17) is 4.74 Å². The van der Waals surface area contributed by atoms with Crippen LogP contribution in [0.15, 0.2) is 83.8 Å². The first-order valence-corrected chi connectivity index (χ1v) is 9.41. The molecule has 0 spiro atoms. The molecule has 4 nitrogen and oxygen atoms in total. The van der Waals surface area contributed by atoms with Gasteiger partial charge < -0.3 is 4.74 Å². The van der Waals surface area contributed by atoms with Gasteiger partial charge in [-0.25, -0.2) is 12.8 Å². The molecule has 0 radical (unpaired) electrons. The summed E-state index contributed by atoms with van der Waals surface area (Å²) in [5, 5.41) is 0. The fourth-order valence-electron chi connectivity index (χ4n) is 2.57. The van der Waals surface area contributed by atoms with Gasteiger partial charge in [0.1, 0.15) is 11.6 Å². The van der Waals surface area contributed by atoms with Crippen LogP contribution in [-0.4, -0.2) is 15.5 Å². The molecule has 0 saturated heterocycles. The zero-order chi connectivity index (χ0) is 18.6. The highest BCUT2D eigenvalue weighted by Gasteiger charge is 2.26. The minimum atomic E-state index is -3.88. The molecule has 0 aliphatic heterocycles. The molecular formula is C20H18FNO3S. The zero-order valence-electron chi connectivity index (χ0n) is 14.2. The average Bonchev–Trinajstić information content (AvgIpc) is 2.68. The second-order valence-electron chi connectivity index (χ2n) is 5.61. The number of sulfonamides is 1. The summed E-state index contributed by atoms with van der Waals surface area (Å²) in [6, 6.07) is 20.9. The minimum Gasteiger partial charge on any atom is -0.497 e. The first-order valence-electron chi connectivity index (χ1n) is 7.97. The Labute approximate surface area is 152 Å². The van der Waals surface area contributed by atoms with E-state index in [2.05, 4.69) is 0 Å². The fourth-order valence-corrected chi connectivity index (χ4v) is 4.01. The summed E-state index contributed by atoms with van der Waals surface area (Å²) in [5.41, 5.74) is 0.764. The number of hydrogen-bond acceptors (Lipinski definition) is 3. The molecule has 0 atom stereocenters. The van der Waals surface area contributed by atoms with Crippen LogP contribution in [0.1, 0.15) is 5.56 Å². The van der Waals surface area contributed by atoms with Gasteiger partial charge in [-0.3, -0.25) is 4.31 Å². The summed E-state index contributed by atoms with van der Waals surface area (Å²) in [6.07, 6.45) is 0. The van der Waals surface area contributed by atoms with E-state index in [9.17, 15) is 12.8 Å². The molecule has 3 rings (SSSR count). The van der Waals surface area contributed by atoms with E-state index < -0.39 is 15.8 Å². The van der Waals surface area contributed by atoms with E-state index in [1.165, 1.54) is 29.6 Å². The van der Waals surface area contributed by atoms with Crippen molar-refractivity contribution in [2.45, 2.75) is 11.4 Å². The molecule has 0 aliphatic carbocycles. The van der Waals surface area contributed by atoms with Crippen LogP contribution >= 0.6 is 0 Å². The van der Waals surface area contributed by atoms with Crippen molar-refractivity contribution in [1.82, 2.24) is 0 Å². The SMILES string of the molecule is COc1ccc(S(=O)(=O)N(Cc2ccccc2F)c2ccccc2)cc1. The molecule has 0 saturated carbocycles. The van der Waals surface area contributed by atoms with E-state index in [0.717, 1.165) is 0 Å². The van der Waals surface area contributed by atoms with Gasteiger partial charge in [-0.1, -0.05) is 36.4 Å². The van der Waals surface area contributed by atoms with E-state index in [1.54, 1.807) is 60.7 Å². The standard InChI is InChI=1S/C20H18FNO3S/c1-25-18-11-13-19(14-12-18)26(23,24)22(17-8-3-2-4-9-17)15-16-7-5-6-10-20(16)21/h2-14H,15H2,1H3. The quantitative estimate of drug-likeness (QED) is 0.651. The summed E-state index contributed by atoms with van der Waals surface area (Å²) in [6.45, 7) is -0.106. The number of halogens is 1. The highest BCUT2D eigenvalue weighted by molar-refractivity contribution is 7.92. The molecule has 26 heavy (non-hydrogen) atoms. The first kappa shape index (κ1) is 17.9. The number of benzene rings is 3. The lowest BCUT2D eigenvalue weighted by Crippen LogP contribution is -2.30. The van der Waals surface area contributed by atoms with Crippen molar-refractivity contribution in [3.8, 4) is 5.75 Å². The molecule has 3 aromatic rings. The van der Waals surface area contributed by atoms with Gasteiger partial charge >= 0.3 is 0 Å². The molecule has 0 aliphatic rings. The number of methoxy groups -OCH3 is 1. The maximum absolute atomic E-state index is 14.1. The lowest BCUT2D eigenvalue weighted by Gasteiger charge is -2.25. The largest absolute Gasteiger partial charge is 0.497 e. The fraction of sp³-hybridized carbons (Fsp3) is 0.100. The molecule has 0 fully saturated rings. The number of rotatable bonds is 6. The van der Waals surface area contributed by atoms with Crippen LogP contribution in [0.3, 0.4) is 0 Å². The second kappa shape index (κ2) is 7.58. The Bertz CT molecular complexity index is 973. The van der Waals surface area contributed by atoms with Crippen molar-refractivity contribution in [2.75, 3.05) is 11.4 Å². The van der Waals surface area contributed by atoms with Crippen molar-refractivity contribution < 1.29 is 17.5 Å². The average molecular weight is 371 g/mol. The number of para-hydroxylation sites is 1. The van der Waals surface area contributed by atoms with Crippen LogP contribution in [-0.2, 0) is 16.6 Å². The number of nitrogens with zero attached hydrogens (tertiary/aromatic N) is 1. The third kappa shape index (κ3) is 3.70. The smallest absolute Gasteiger partial charge is 0.264 e. The van der Waals surface area contributed by atoms with Gasteiger partial charge in [-0.2, -0.15) is 0 Å². The van der Waals surface area contributed by atoms with Gasteiger partial charge in [0.25, 0.3) is 10.0 Å². The van der Waals surface area contributed by atoms with Gasteiger partial charge in [0, 0.05) is 5.56 Å². The topological polar surface area (TPSA) is 46.6 Å².